The van der Waals surface area contributed by atoms with Crippen molar-refractivity contribution in [1.29, 1.82) is 0 Å². The van der Waals surface area contributed by atoms with E-state index in [4.69, 9.17) is 11.3 Å². The van der Waals surface area contributed by atoms with Gasteiger partial charge in [0, 0.05) is 11.0 Å². The first-order valence-electron chi connectivity index (χ1n) is 2.22. The smallest absolute Gasteiger partial charge is 0.190 e. The van der Waals surface area contributed by atoms with Crippen molar-refractivity contribution in [2.45, 2.75) is 0 Å². The van der Waals surface area contributed by atoms with E-state index in [1.807, 2.05) is 0 Å². The van der Waals surface area contributed by atoms with Crippen LogP contribution in [0.1, 0.15) is 0 Å². The Morgan fingerprint density at radius 1 is 1.78 bits per heavy atom. The second-order valence-electron chi connectivity index (χ2n) is 1.40. The molecular formula is C4H4N4O. The summed E-state index contributed by atoms with van der Waals surface area (Å²) in [5.41, 5.74) is 13.5. The van der Waals surface area contributed by atoms with E-state index in [9.17, 15) is 0 Å². The highest BCUT2D eigenvalue weighted by molar-refractivity contribution is 5.42. The SMILES string of the molecule is [N-]=[N+]=Nc1coc(N)c1. The molecule has 0 aromatic carbocycles. The maximum absolute atomic E-state index is 7.90. The van der Waals surface area contributed by atoms with Gasteiger partial charge in [-0.15, -0.1) is 0 Å². The molecule has 1 aromatic heterocycles. The lowest BCUT2D eigenvalue weighted by Crippen LogP contribution is -1.74. The van der Waals surface area contributed by atoms with Crippen molar-refractivity contribution in [3.05, 3.63) is 22.8 Å². The molecule has 1 heterocycles. The molecular weight excluding hydrogens is 120 g/mol. The highest BCUT2D eigenvalue weighted by Crippen LogP contribution is 2.17. The molecule has 0 bridgehead atoms. The first kappa shape index (κ1) is 5.53. The average molecular weight is 124 g/mol. The first-order chi connectivity index (χ1) is 4.33. The number of hydrogen-bond acceptors (Lipinski definition) is 3. The summed E-state index contributed by atoms with van der Waals surface area (Å²) in [6.45, 7) is 0. The number of furan rings is 1. The molecule has 0 fully saturated rings. The van der Waals surface area contributed by atoms with Crippen molar-refractivity contribution in [1.82, 2.24) is 0 Å². The van der Waals surface area contributed by atoms with Crippen LogP contribution in [0.3, 0.4) is 0 Å². The Morgan fingerprint density at radius 3 is 3.00 bits per heavy atom. The molecule has 0 amide bonds. The minimum atomic E-state index is 0.248. The van der Waals surface area contributed by atoms with Crippen molar-refractivity contribution in [2.24, 2.45) is 5.11 Å². The Bertz CT molecular complexity index is 247. The van der Waals surface area contributed by atoms with Crippen LogP contribution in [-0.4, -0.2) is 0 Å². The molecule has 0 saturated carbocycles. The van der Waals surface area contributed by atoms with Gasteiger partial charge in [-0.1, -0.05) is 5.11 Å². The van der Waals surface area contributed by atoms with Gasteiger partial charge < -0.3 is 10.2 Å². The van der Waals surface area contributed by atoms with Gasteiger partial charge in [0.15, 0.2) is 5.88 Å². The van der Waals surface area contributed by atoms with Crippen LogP contribution in [0.2, 0.25) is 0 Å². The van der Waals surface area contributed by atoms with Crippen LogP contribution in [0.15, 0.2) is 21.9 Å². The van der Waals surface area contributed by atoms with E-state index in [0.29, 0.717) is 5.69 Å². The fourth-order valence-corrected chi connectivity index (χ4v) is 0.446. The summed E-state index contributed by atoms with van der Waals surface area (Å²) in [6, 6.07) is 1.44. The lowest BCUT2D eigenvalue weighted by molar-refractivity contribution is 0.588. The zero-order chi connectivity index (χ0) is 6.69. The van der Waals surface area contributed by atoms with Gasteiger partial charge in [-0.05, 0) is 5.53 Å². The second-order valence-corrected chi connectivity index (χ2v) is 1.40. The van der Waals surface area contributed by atoms with Crippen LogP contribution >= 0.6 is 0 Å². The number of hydrogen-bond donors (Lipinski definition) is 1. The molecule has 1 aromatic rings. The number of rotatable bonds is 1. The summed E-state index contributed by atoms with van der Waals surface area (Å²) >= 11 is 0. The molecule has 0 spiro atoms. The van der Waals surface area contributed by atoms with Gasteiger partial charge in [0.1, 0.15) is 6.26 Å². The molecule has 0 aliphatic rings. The van der Waals surface area contributed by atoms with E-state index in [2.05, 4.69) is 14.4 Å². The number of azide groups is 1. The predicted molar refractivity (Wildman–Crippen MR) is 31.9 cm³/mol. The number of anilines is 1. The number of nitrogens with zero attached hydrogens (tertiary/aromatic N) is 3. The van der Waals surface area contributed by atoms with Crippen LogP contribution in [0.4, 0.5) is 11.6 Å². The Hall–Kier alpha value is -1.61. The van der Waals surface area contributed by atoms with Crippen molar-refractivity contribution < 1.29 is 4.42 Å². The zero-order valence-corrected chi connectivity index (χ0v) is 4.48. The third kappa shape index (κ3) is 1.14. The molecule has 0 radical (unpaired) electrons. The maximum Gasteiger partial charge on any atom is 0.190 e. The molecule has 5 nitrogen and oxygen atoms in total. The van der Waals surface area contributed by atoms with Crippen molar-refractivity contribution >= 4 is 11.6 Å². The van der Waals surface area contributed by atoms with Crippen LogP contribution in [0.25, 0.3) is 10.4 Å². The molecule has 0 saturated heterocycles. The standard InChI is InChI=1S/C4H4N4O/c5-4-1-3(2-9-4)7-8-6/h1-2H,5H2. The Kier molecular flexibility index (Phi) is 1.29. The van der Waals surface area contributed by atoms with E-state index in [0.717, 1.165) is 0 Å². The quantitative estimate of drug-likeness (QED) is 0.351. The van der Waals surface area contributed by atoms with Gasteiger partial charge in [0.05, 0.1) is 5.69 Å². The van der Waals surface area contributed by atoms with E-state index in [-0.39, 0.29) is 5.88 Å². The van der Waals surface area contributed by atoms with Crippen LogP contribution in [0, 0.1) is 0 Å². The van der Waals surface area contributed by atoms with E-state index in [1.54, 1.807) is 0 Å². The molecule has 0 unspecified atom stereocenters. The van der Waals surface area contributed by atoms with Crippen molar-refractivity contribution in [3.63, 3.8) is 0 Å². The van der Waals surface area contributed by atoms with Gasteiger partial charge in [-0.2, -0.15) is 0 Å². The lowest BCUT2D eigenvalue weighted by atomic mass is 10.5. The largest absolute Gasteiger partial charge is 0.449 e. The predicted octanol–water partition coefficient (Wildman–Crippen LogP) is 1.80. The van der Waals surface area contributed by atoms with Crippen LogP contribution in [-0.2, 0) is 0 Å². The maximum atomic E-state index is 7.90. The minimum absolute atomic E-state index is 0.248. The Labute approximate surface area is 50.7 Å². The van der Waals surface area contributed by atoms with Gasteiger partial charge in [0.2, 0.25) is 0 Å². The molecule has 5 heteroatoms. The third-order valence-electron chi connectivity index (χ3n) is 0.766. The van der Waals surface area contributed by atoms with Crippen LogP contribution in [0.5, 0.6) is 0 Å². The van der Waals surface area contributed by atoms with Gasteiger partial charge >= 0.3 is 0 Å². The fraction of sp³-hybridized carbons (Fsp3) is 0. The fourth-order valence-electron chi connectivity index (χ4n) is 0.446. The van der Waals surface area contributed by atoms with Crippen molar-refractivity contribution in [3.8, 4) is 0 Å². The van der Waals surface area contributed by atoms with E-state index >= 15 is 0 Å². The summed E-state index contributed by atoms with van der Waals surface area (Å²) in [5.74, 6) is 0.248. The number of nitrogen functional groups attached to an aromatic ring is 1. The minimum Gasteiger partial charge on any atom is -0.449 e. The molecule has 0 aliphatic carbocycles. The Morgan fingerprint density at radius 2 is 2.56 bits per heavy atom. The number of nitrogens with two attached hydrogens (primary N) is 1. The monoisotopic (exact) mass is 124 g/mol. The molecule has 9 heavy (non-hydrogen) atoms. The highest BCUT2D eigenvalue weighted by atomic mass is 16.3. The van der Waals surface area contributed by atoms with Gasteiger partial charge in [-0.25, -0.2) is 0 Å². The second kappa shape index (κ2) is 2.11. The third-order valence-corrected chi connectivity index (χ3v) is 0.766. The summed E-state index contributed by atoms with van der Waals surface area (Å²) in [7, 11) is 0. The topological polar surface area (TPSA) is 87.9 Å². The highest BCUT2D eigenvalue weighted by Gasteiger charge is 1.91. The molecule has 0 atom stereocenters. The van der Waals surface area contributed by atoms with Crippen molar-refractivity contribution in [2.75, 3.05) is 5.73 Å². The summed E-state index contributed by atoms with van der Waals surface area (Å²) in [4.78, 5) is 2.53. The van der Waals surface area contributed by atoms with Crippen LogP contribution < -0.4 is 5.73 Å². The molecule has 1 rings (SSSR count). The normalized spacial score (nSPS) is 8.44. The first-order valence-corrected chi connectivity index (χ1v) is 2.22. The molecule has 0 aliphatic heterocycles. The average Bonchev–Trinajstić information content (AvgIpc) is 2.17. The van der Waals surface area contributed by atoms with E-state index < -0.39 is 0 Å². The molecule has 46 valence electrons. The Balaban J connectivity index is 2.97. The molecule has 2 N–H and O–H groups in total. The van der Waals surface area contributed by atoms with Gasteiger partial charge in [0.25, 0.3) is 0 Å². The van der Waals surface area contributed by atoms with E-state index in [1.165, 1.54) is 12.3 Å². The lowest BCUT2D eigenvalue weighted by Gasteiger charge is -1.71. The zero-order valence-electron chi connectivity index (χ0n) is 4.48. The summed E-state index contributed by atoms with van der Waals surface area (Å²) in [5, 5.41) is 3.23. The van der Waals surface area contributed by atoms with Gasteiger partial charge in [-0.3, -0.25) is 0 Å². The summed E-state index contributed by atoms with van der Waals surface area (Å²) in [6.07, 6.45) is 1.29. The summed E-state index contributed by atoms with van der Waals surface area (Å²) < 4.78 is 4.63.